The number of hydrogen-bond donors (Lipinski definition) is 2. The van der Waals surface area contributed by atoms with Crippen LogP contribution in [0.4, 0.5) is 10.5 Å². The Labute approximate surface area is 246 Å². The number of halogens is 1. The lowest BCUT2D eigenvalue weighted by Crippen LogP contribution is -2.46. The maximum Gasteiger partial charge on any atom is 0.322 e. The highest BCUT2D eigenvalue weighted by atomic mass is 35.5. The number of fused-ring (bicyclic) bond motifs is 1. The number of methoxy groups -OCH3 is 2. The maximum atomic E-state index is 13.9. The molecule has 0 aliphatic carbocycles. The van der Waals surface area contributed by atoms with Gasteiger partial charge in [-0.1, -0.05) is 55.8 Å². The SMILES string of the molecule is COc1ccc(CN(CCc2c[nH]c3ccccc23)C(=O)CN(CC(C)C)C(=O)Nc2cccc(Cl)c2)cc1OC. The fourth-order valence-electron chi connectivity index (χ4n) is 4.78. The first-order chi connectivity index (χ1) is 19.8. The van der Waals surface area contributed by atoms with Gasteiger partial charge in [0, 0.05) is 47.4 Å². The molecule has 0 unspecified atom stereocenters. The molecule has 1 heterocycles. The average Bonchev–Trinajstić information content (AvgIpc) is 3.37. The molecule has 0 spiro atoms. The molecule has 3 aromatic carbocycles. The summed E-state index contributed by atoms with van der Waals surface area (Å²) in [5, 5.41) is 4.54. The number of benzene rings is 3. The molecule has 3 amide bonds. The number of rotatable bonds is 12. The lowest BCUT2D eigenvalue weighted by molar-refractivity contribution is -0.132. The van der Waals surface area contributed by atoms with Crippen molar-refractivity contribution < 1.29 is 19.1 Å². The van der Waals surface area contributed by atoms with Crippen molar-refractivity contribution in [3.63, 3.8) is 0 Å². The molecule has 4 aromatic rings. The number of anilines is 1. The molecule has 0 atom stereocenters. The summed E-state index contributed by atoms with van der Waals surface area (Å²) < 4.78 is 10.9. The molecule has 4 rings (SSSR count). The Bertz CT molecular complexity index is 1490. The van der Waals surface area contributed by atoms with Gasteiger partial charge in [-0.3, -0.25) is 4.79 Å². The second-order valence-electron chi connectivity index (χ2n) is 10.3. The predicted molar refractivity (Wildman–Crippen MR) is 164 cm³/mol. The van der Waals surface area contributed by atoms with Crippen LogP contribution in [0.5, 0.6) is 11.5 Å². The average molecular weight is 577 g/mol. The van der Waals surface area contributed by atoms with Crippen LogP contribution in [0.25, 0.3) is 10.9 Å². The van der Waals surface area contributed by atoms with Crippen LogP contribution in [0.1, 0.15) is 25.0 Å². The molecule has 0 aliphatic rings. The molecule has 8 nitrogen and oxygen atoms in total. The van der Waals surface area contributed by atoms with Gasteiger partial charge in [0.05, 0.1) is 14.2 Å². The Morgan fingerprint density at radius 3 is 2.46 bits per heavy atom. The van der Waals surface area contributed by atoms with Gasteiger partial charge in [0.15, 0.2) is 11.5 Å². The van der Waals surface area contributed by atoms with Crippen molar-refractivity contribution in [2.24, 2.45) is 5.92 Å². The second-order valence-corrected chi connectivity index (χ2v) is 10.8. The van der Waals surface area contributed by atoms with Gasteiger partial charge >= 0.3 is 6.03 Å². The van der Waals surface area contributed by atoms with Crippen molar-refractivity contribution in [3.05, 3.63) is 89.1 Å². The molecule has 0 bridgehead atoms. The van der Waals surface area contributed by atoms with Crippen LogP contribution in [0.2, 0.25) is 5.02 Å². The molecule has 1 aromatic heterocycles. The molecule has 0 saturated carbocycles. The molecule has 0 saturated heterocycles. The highest BCUT2D eigenvalue weighted by Gasteiger charge is 2.23. The van der Waals surface area contributed by atoms with Crippen molar-refractivity contribution in [2.45, 2.75) is 26.8 Å². The first kappa shape index (κ1) is 29.8. The van der Waals surface area contributed by atoms with Crippen molar-refractivity contribution in [1.29, 1.82) is 0 Å². The van der Waals surface area contributed by atoms with E-state index in [0.29, 0.717) is 48.3 Å². The van der Waals surface area contributed by atoms with Crippen molar-refractivity contribution in [2.75, 3.05) is 39.2 Å². The van der Waals surface area contributed by atoms with Gasteiger partial charge in [0.1, 0.15) is 6.54 Å². The molecule has 2 N–H and O–H groups in total. The summed E-state index contributed by atoms with van der Waals surface area (Å²) in [5.41, 5.74) is 3.66. The van der Waals surface area contributed by atoms with E-state index >= 15 is 0 Å². The normalized spacial score (nSPS) is 11.0. The van der Waals surface area contributed by atoms with Crippen LogP contribution in [-0.2, 0) is 17.8 Å². The van der Waals surface area contributed by atoms with E-state index < -0.39 is 0 Å². The molecule has 9 heteroatoms. The fourth-order valence-corrected chi connectivity index (χ4v) is 4.97. The van der Waals surface area contributed by atoms with Crippen molar-refractivity contribution in [1.82, 2.24) is 14.8 Å². The van der Waals surface area contributed by atoms with Gasteiger partial charge in [0.2, 0.25) is 5.91 Å². The van der Waals surface area contributed by atoms with Gasteiger partial charge in [-0.25, -0.2) is 4.79 Å². The number of carbonyl (C=O) groups is 2. The Kier molecular flexibility index (Phi) is 10.1. The summed E-state index contributed by atoms with van der Waals surface area (Å²) in [7, 11) is 3.18. The van der Waals surface area contributed by atoms with Crippen LogP contribution >= 0.6 is 11.6 Å². The first-order valence-corrected chi connectivity index (χ1v) is 14.0. The van der Waals surface area contributed by atoms with Crippen molar-refractivity contribution >= 4 is 40.1 Å². The summed E-state index contributed by atoms with van der Waals surface area (Å²) in [6.45, 7) is 5.22. The Hall–Kier alpha value is -4.17. The summed E-state index contributed by atoms with van der Waals surface area (Å²) in [5.74, 6) is 1.23. The molecule has 0 fully saturated rings. The molecule has 41 heavy (non-hydrogen) atoms. The van der Waals surface area contributed by atoms with Crippen LogP contribution in [0.15, 0.2) is 72.9 Å². The Morgan fingerprint density at radius 2 is 1.73 bits per heavy atom. The monoisotopic (exact) mass is 576 g/mol. The summed E-state index contributed by atoms with van der Waals surface area (Å²) >= 11 is 6.10. The van der Waals surface area contributed by atoms with Gasteiger partial charge in [-0.2, -0.15) is 0 Å². The van der Waals surface area contributed by atoms with E-state index in [2.05, 4.69) is 16.4 Å². The van der Waals surface area contributed by atoms with Gasteiger partial charge in [0.25, 0.3) is 0 Å². The van der Waals surface area contributed by atoms with E-state index in [1.54, 1.807) is 48.3 Å². The quantitative estimate of drug-likeness (QED) is 0.199. The third-order valence-corrected chi connectivity index (χ3v) is 7.01. The summed E-state index contributed by atoms with van der Waals surface area (Å²) in [6, 6.07) is 20.4. The zero-order valence-corrected chi connectivity index (χ0v) is 24.7. The third kappa shape index (κ3) is 7.95. The van der Waals surface area contributed by atoms with E-state index in [1.807, 2.05) is 56.4 Å². The molecule has 0 aliphatic heterocycles. The molecular formula is C32H37ClN4O4. The Morgan fingerprint density at radius 1 is 0.951 bits per heavy atom. The van der Waals surface area contributed by atoms with Gasteiger partial charge < -0.3 is 29.6 Å². The van der Waals surface area contributed by atoms with Crippen molar-refractivity contribution in [3.8, 4) is 11.5 Å². The summed E-state index contributed by atoms with van der Waals surface area (Å²) in [4.78, 5) is 33.8. The number of nitrogens with zero attached hydrogens (tertiary/aromatic N) is 2. The van der Waals surface area contributed by atoms with E-state index in [0.717, 1.165) is 22.0 Å². The molecule has 216 valence electrons. The lowest BCUT2D eigenvalue weighted by Gasteiger charge is -2.29. The zero-order chi connectivity index (χ0) is 29.4. The minimum Gasteiger partial charge on any atom is -0.493 e. The van der Waals surface area contributed by atoms with Gasteiger partial charge in [-0.05, 0) is 59.9 Å². The number of carbonyl (C=O) groups excluding carboxylic acids is 2. The standard InChI is InChI=1S/C32H37ClN4O4/c1-22(2)19-37(32(39)35-26-9-7-8-25(33)17-26)21-31(38)36(20-23-12-13-29(40-3)30(16-23)41-4)15-14-24-18-34-28-11-6-5-10-27(24)28/h5-13,16-18,22,34H,14-15,19-21H2,1-4H3,(H,35,39). The molecule has 0 radical (unpaired) electrons. The lowest BCUT2D eigenvalue weighted by atomic mass is 10.1. The maximum absolute atomic E-state index is 13.9. The van der Waals surface area contributed by atoms with Crippen LogP contribution < -0.4 is 14.8 Å². The van der Waals surface area contributed by atoms with E-state index in [-0.39, 0.29) is 24.4 Å². The minimum absolute atomic E-state index is 0.0637. The van der Waals surface area contributed by atoms with E-state index in [9.17, 15) is 9.59 Å². The number of H-pyrrole nitrogens is 1. The highest BCUT2D eigenvalue weighted by Crippen LogP contribution is 2.28. The third-order valence-electron chi connectivity index (χ3n) is 6.77. The first-order valence-electron chi connectivity index (χ1n) is 13.6. The minimum atomic E-state index is -0.350. The van der Waals surface area contributed by atoms with Crippen LogP contribution in [0, 0.1) is 5.92 Å². The number of ether oxygens (including phenoxy) is 2. The number of para-hydroxylation sites is 1. The van der Waals surface area contributed by atoms with Gasteiger partial charge in [-0.15, -0.1) is 0 Å². The number of nitrogens with one attached hydrogen (secondary N) is 2. The second kappa shape index (κ2) is 13.9. The highest BCUT2D eigenvalue weighted by molar-refractivity contribution is 6.30. The number of hydrogen-bond acceptors (Lipinski definition) is 4. The fraction of sp³-hybridized carbons (Fsp3) is 0.312. The number of aromatic amines is 1. The number of urea groups is 1. The smallest absolute Gasteiger partial charge is 0.322 e. The predicted octanol–water partition coefficient (Wildman–Crippen LogP) is 6.60. The zero-order valence-electron chi connectivity index (χ0n) is 23.9. The molecular weight excluding hydrogens is 540 g/mol. The largest absolute Gasteiger partial charge is 0.493 e. The Balaban J connectivity index is 1.56. The number of amides is 3. The summed E-state index contributed by atoms with van der Waals surface area (Å²) in [6.07, 6.45) is 2.65. The number of aromatic nitrogens is 1. The van der Waals surface area contributed by atoms with E-state index in [1.165, 1.54) is 0 Å². The van der Waals surface area contributed by atoms with Crippen LogP contribution in [-0.4, -0.2) is 60.6 Å². The van der Waals surface area contributed by atoms with E-state index in [4.69, 9.17) is 21.1 Å². The van der Waals surface area contributed by atoms with Crippen LogP contribution in [0.3, 0.4) is 0 Å². The topological polar surface area (TPSA) is 86.9 Å².